The Kier molecular flexibility index (Phi) is 58.2. The molecule has 0 aliphatic rings. The average Bonchev–Trinajstić information content (AvgIpc) is 3.28. The number of alkyl halides is 2. The van der Waals surface area contributed by atoms with Crippen molar-refractivity contribution in [2.45, 2.75) is 85.0 Å². The summed E-state index contributed by atoms with van der Waals surface area (Å²) in [5, 5.41) is 61.8. The zero-order valence-corrected chi connectivity index (χ0v) is 46.1. The Bertz CT molecular complexity index is 1730. The van der Waals surface area contributed by atoms with Crippen molar-refractivity contribution in [2.75, 3.05) is 58.7 Å². The van der Waals surface area contributed by atoms with E-state index in [1.54, 1.807) is 12.1 Å². The fourth-order valence-electron chi connectivity index (χ4n) is 3.99. The monoisotopic (exact) mass is 1030 g/mol. The van der Waals surface area contributed by atoms with Crippen LogP contribution in [0.4, 0.5) is 4.39 Å². The first-order chi connectivity index (χ1) is 31.0. The number of nitriles is 3. The molecule has 3 aromatic carbocycles. The Morgan fingerprint density at radius 3 is 1.20 bits per heavy atom. The van der Waals surface area contributed by atoms with E-state index in [0.29, 0.717) is 119 Å². The van der Waals surface area contributed by atoms with Gasteiger partial charge in [-0.2, -0.15) is 15.8 Å². The molecule has 3 rings (SSSR count). The predicted octanol–water partition coefficient (Wildman–Crippen LogP) is 3.42. The molecule has 0 aliphatic heterocycles. The third kappa shape index (κ3) is 47.2. The molecular formula is C45H62BrFK2N4O12. The summed E-state index contributed by atoms with van der Waals surface area (Å²) in [4.78, 5) is 14.5. The molecule has 0 unspecified atom stereocenters. The maximum atomic E-state index is 9.96. The summed E-state index contributed by atoms with van der Waals surface area (Å²) in [5.74, 6) is 3.86. The summed E-state index contributed by atoms with van der Waals surface area (Å²) in [7, 11) is -1.00. The van der Waals surface area contributed by atoms with E-state index in [9.17, 15) is 9.50 Å². The summed E-state index contributed by atoms with van der Waals surface area (Å²) in [5.41, 5.74) is 0. The standard InChI is InChI=1S/C17H22N2O3.C13H17NO3.C9H12O3.C4H6BrN.CH3F.CH2O3.2K.H/c1-3-9-20-15-12-16(21-10-5-4-7-18)14-17(13-15)22-11-6-8-19-2;1-2-6-16-12-8-11(15)9-13(10-12)17-7-4-3-5-14;1-2-3-12-9-5-7(10)4-8(11)6-9;5-3-1-2-4-6;1-2;2-1-4-3;;;/h12-14H,3-6,8-11H2,1H3;8-10,15H,2-4,6-7H2,1H3;4-6,10-11H,2-3H2,1H3;1-3H2;1H3;1,3H;;;/q;;;;;;2*+1;-1/p-1/i;;;;1D;;;;. The zero-order chi connectivity index (χ0) is 48.5. The van der Waals surface area contributed by atoms with Crippen molar-refractivity contribution in [1.29, 1.82) is 15.8 Å². The van der Waals surface area contributed by atoms with Gasteiger partial charge in [-0.05, 0) is 38.5 Å². The SMILES string of the molecule is CCCOc1cc(O)cc(O)c1.CCCOc1cc(O)cc(OCCCC#N)c1.N#CCCCBr.O=CO[O-].[2H]CF.[C-]#[N+]CCCOc1cc(OCCC)cc(OCCCC#N)c1.[H-].[K+].[K+]. The number of carbonyl (C=O) groups excluding carboxylic acids is 1. The number of halogens is 2. The second-order valence-corrected chi connectivity index (χ2v) is 12.8. The second kappa shape index (κ2) is 55.3. The number of phenols is 3. The van der Waals surface area contributed by atoms with Crippen LogP contribution in [0.3, 0.4) is 0 Å². The fraction of sp³-hybridized carbons (Fsp3) is 0.489. The fourth-order valence-corrected chi connectivity index (χ4v) is 4.27. The number of phenolic OH excluding ortho intramolecular Hbond substituents is 3. The van der Waals surface area contributed by atoms with Crippen LogP contribution in [0.5, 0.6) is 51.7 Å². The number of hydrogen-bond donors (Lipinski definition) is 3. The second-order valence-electron chi connectivity index (χ2n) is 12.0. The quantitative estimate of drug-likeness (QED) is 0.0222. The molecule has 0 heterocycles. The van der Waals surface area contributed by atoms with E-state index >= 15 is 0 Å². The topological polar surface area (TPSA) is 241 Å². The minimum atomic E-state index is -1.00. The Balaban J connectivity index is -0.000000184. The van der Waals surface area contributed by atoms with Gasteiger partial charge >= 0.3 is 103 Å². The molecule has 65 heavy (non-hydrogen) atoms. The molecule has 0 aliphatic carbocycles. The summed E-state index contributed by atoms with van der Waals surface area (Å²) in [6.07, 6.45) is 7.39. The number of benzene rings is 3. The molecule has 0 spiro atoms. The third-order valence-electron chi connectivity index (χ3n) is 6.56. The minimum absolute atomic E-state index is 0. The zero-order valence-electron chi connectivity index (χ0n) is 40.3. The number of aromatic hydroxyl groups is 3. The maximum Gasteiger partial charge on any atom is 1.00 e. The van der Waals surface area contributed by atoms with Crippen LogP contribution >= 0.6 is 15.9 Å². The third-order valence-corrected chi connectivity index (χ3v) is 7.12. The molecule has 0 radical (unpaired) electrons. The molecule has 350 valence electrons. The molecule has 0 bridgehead atoms. The summed E-state index contributed by atoms with van der Waals surface area (Å²) in [6, 6.07) is 20.7. The minimum Gasteiger partial charge on any atom is -1.00 e. The smallest absolute Gasteiger partial charge is 1.00 e. The van der Waals surface area contributed by atoms with Crippen molar-refractivity contribution in [2.24, 2.45) is 0 Å². The molecule has 3 N–H and O–H groups in total. The van der Waals surface area contributed by atoms with Crippen molar-refractivity contribution >= 4 is 22.4 Å². The average molecular weight is 1030 g/mol. The van der Waals surface area contributed by atoms with E-state index in [1.807, 2.05) is 45.0 Å². The van der Waals surface area contributed by atoms with Gasteiger partial charge in [-0.1, -0.05) is 36.7 Å². The molecule has 0 saturated heterocycles. The van der Waals surface area contributed by atoms with Crippen LogP contribution in [0.25, 0.3) is 4.85 Å². The van der Waals surface area contributed by atoms with Crippen LogP contribution in [0.2, 0.25) is 0 Å². The van der Waals surface area contributed by atoms with E-state index in [-0.39, 0.29) is 128 Å². The summed E-state index contributed by atoms with van der Waals surface area (Å²) in [6.45, 7) is 16.4. The predicted molar refractivity (Wildman–Crippen MR) is 238 cm³/mol. The molecule has 20 heteroatoms. The van der Waals surface area contributed by atoms with Crippen LogP contribution in [0.15, 0.2) is 54.6 Å². The van der Waals surface area contributed by atoms with Crippen molar-refractivity contribution in [3.63, 3.8) is 0 Å². The van der Waals surface area contributed by atoms with Crippen molar-refractivity contribution < 1.29 is 169 Å². The Morgan fingerprint density at radius 1 is 0.646 bits per heavy atom. The van der Waals surface area contributed by atoms with E-state index in [0.717, 1.165) is 31.0 Å². The molecule has 16 nitrogen and oxygen atoms in total. The van der Waals surface area contributed by atoms with Gasteiger partial charge in [0.05, 0.1) is 72.8 Å². The molecule has 0 aromatic heterocycles. The number of rotatable bonds is 24. The van der Waals surface area contributed by atoms with Gasteiger partial charge in [0, 0.05) is 79.2 Å². The number of hydrogen-bond acceptors (Lipinski definition) is 15. The largest absolute Gasteiger partial charge is 1.00 e. The van der Waals surface area contributed by atoms with Crippen LogP contribution in [0, 0.1) is 40.6 Å². The van der Waals surface area contributed by atoms with E-state index < -0.39 is 7.15 Å². The first-order valence-electron chi connectivity index (χ1n) is 20.6. The van der Waals surface area contributed by atoms with Gasteiger partial charge in [-0.15, -0.1) is 0 Å². The molecule has 0 saturated carbocycles. The van der Waals surface area contributed by atoms with Crippen LogP contribution in [-0.4, -0.2) is 80.5 Å². The first kappa shape index (κ1) is 68.5. The van der Waals surface area contributed by atoms with Gasteiger partial charge in [0.25, 0.3) is 6.47 Å². The number of ether oxygens (including phenoxy) is 6. The van der Waals surface area contributed by atoms with Crippen molar-refractivity contribution in [1.82, 2.24) is 0 Å². The van der Waals surface area contributed by atoms with Gasteiger partial charge in [-0.25, -0.2) is 6.57 Å². The molecule has 0 fully saturated rings. The van der Waals surface area contributed by atoms with Crippen molar-refractivity contribution in [3.8, 4) is 70.0 Å². The molecule has 0 atom stereocenters. The number of unbranched alkanes of at least 4 members (excludes halogenated alkanes) is 3. The van der Waals surface area contributed by atoms with Crippen LogP contribution < -0.4 is 136 Å². The maximum absolute atomic E-state index is 9.96. The van der Waals surface area contributed by atoms with Gasteiger partial charge < -0.3 is 60.2 Å². The number of carbonyl (C=O) groups is 1. The molecule has 0 amide bonds. The Labute approximate surface area is 480 Å². The first-order valence-corrected chi connectivity index (χ1v) is 21.0. The van der Waals surface area contributed by atoms with E-state index in [1.165, 1.54) is 24.3 Å². The summed E-state index contributed by atoms with van der Waals surface area (Å²) < 4.78 is 48.4. The Morgan fingerprint density at radius 2 is 0.923 bits per heavy atom. The molecular weight excluding hydrogens is 966 g/mol. The van der Waals surface area contributed by atoms with Gasteiger partial charge in [0.2, 0.25) is 6.54 Å². The Hall–Kier alpha value is -3.07. The van der Waals surface area contributed by atoms with Crippen molar-refractivity contribution in [3.05, 3.63) is 66.0 Å². The molecule has 3 aromatic rings. The van der Waals surface area contributed by atoms with Gasteiger partial charge in [0.15, 0.2) is 0 Å². The van der Waals surface area contributed by atoms with E-state index in [4.69, 9.17) is 72.4 Å². The normalized spacial score (nSPS) is 8.86. The number of nitrogens with zero attached hydrogens (tertiary/aromatic N) is 4. The van der Waals surface area contributed by atoms with E-state index in [2.05, 4.69) is 37.8 Å². The summed E-state index contributed by atoms with van der Waals surface area (Å²) >= 11 is 3.20. The van der Waals surface area contributed by atoms with Crippen LogP contribution in [-0.2, 0) is 9.68 Å². The van der Waals surface area contributed by atoms with Gasteiger partial charge in [-0.3, -0.25) is 9.18 Å². The van der Waals surface area contributed by atoms with Crippen LogP contribution in [0.1, 0.15) is 87.8 Å². The van der Waals surface area contributed by atoms with Gasteiger partial charge in [0.1, 0.15) is 51.7 Å².